The second kappa shape index (κ2) is 5.02. The quantitative estimate of drug-likeness (QED) is 0.890. The fourth-order valence-electron chi connectivity index (χ4n) is 2.33. The van der Waals surface area contributed by atoms with Gasteiger partial charge in [-0.3, -0.25) is 10.4 Å². The zero-order valence-electron chi connectivity index (χ0n) is 10.7. The molecule has 1 aliphatic rings. The molecule has 0 aliphatic carbocycles. The summed E-state index contributed by atoms with van der Waals surface area (Å²) in [5, 5.41) is 2.03. The van der Waals surface area contributed by atoms with Gasteiger partial charge in [0.1, 0.15) is 0 Å². The molecule has 0 spiro atoms. The molecular weight excluding hydrogens is 232 g/mol. The van der Waals surface area contributed by atoms with Crippen LogP contribution in [0, 0.1) is 0 Å². The molecule has 0 radical (unpaired) electrons. The lowest BCUT2D eigenvalue weighted by Gasteiger charge is -2.23. The van der Waals surface area contributed by atoms with Crippen molar-refractivity contribution in [2.75, 3.05) is 0 Å². The number of nitrogens with zero attached hydrogens (tertiary/aromatic N) is 1. The number of nitrogens with one attached hydrogen (secondary N) is 1. The lowest BCUT2D eigenvalue weighted by Crippen LogP contribution is -2.28. The Balaban J connectivity index is 1.96. The van der Waals surface area contributed by atoms with Crippen molar-refractivity contribution in [3.8, 4) is 0 Å². The summed E-state index contributed by atoms with van der Waals surface area (Å²) in [5.41, 5.74) is 6.94. The van der Waals surface area contributed by atoms with Gasteiger partial charge in [-0.2, -0.15) is 0 Å². The van der Waals surface area contributed by atoms with Crippen molar-refractivity contribution in [3.05, 3.63) is 90.6 Å². The van der Waals surface area contributed by atoms with E-state index in [9.17, 15) is 0 Å². The van der Waals surface area contributed by atoms with E-state index in [1.807, 2.05) is 35.5 Å². The summed E-state index contributed by atoms with van der Waals surface area (Å²) in [6, 6.07) is 20.9. The Morgan fingerprint density at radius 1 is 0.947 bits per heavy atom. The number of hydrogen-bond acceptors (Lipinski definition) is 2. The van der Waals surface area contributed by atoms with E-state index in [1.54, 1.807) is 0 Å². The molecular formula is C17H16N2. The fraction of sp³-hybridized carbons (Fsp3) is 0.0588. The van der Waals surface area contributed by atoms with Crippen molar-refractivity contribution in [2.45, 2.75) is 6.04 Å². The summed E-state index contributed by atoms with van der Waals surface area (Å²) in [6.07, 6.45) is 4.05. The summed E-state index contributed by atoms with van der Waals surface area (Å²) in [7, 11) is 0. The van der Waals surface area contributed by atoms with Crippen molar-refractivity contribution >= 4 is 5.70 Å². The van der Waals surface area contributed by atoms with E-state index in [0.717, 1.165) is 5.70 Å². The zero-order valence-corrected chi connectivity index (χ0v) is 10.7. The van der Waals surface area contributed by atoms with Crippen LogP contribution >= 0.6 is 0 Å². The van der Waals surface area contributed by atoms with Crippen LogP contribution in [-0.2, 0) is 0 Å². The Morgan fingerprint density at radius 3 is 2.21 bits per heavy atom. The molecule has 0 bridgehead atoms. The molecule has 94 valence electrons. The molecule has 0 amide bonds. The van der Waals surface area contributed by atoms with Crippen LogP contribution in [0.25, 0.3) is 5.70 Å². The Bertz CT molecular complexity index is 587. The molecule has 3 rings (SSSR count). The van der Waals surface area contributed by atoms with E-state index in [2.05, 4.69) is 54.5 Å². The van der Waals surface area contributed by atoms with Crippen LogP contribution in [0.2, 0.25) is 0 Å². The molecule has 0 saturated carbocycles. The Labute approximate surface area is 113 Å². The van der Waals surface area contributed by atoms with Crippen LogP contribution in [0.3, 0.4) is 0 Å². The number of hydrogen-bond donors (Lipinski definition) is 1. The molecule has 2 aromatic carbocycles. The monoisotopic (exact) mass is 248 g/mol. The average molecular weight is 248 g/mol. The van der Waals surface area contributed by atoms with Gasteiger partial charge in [-0.15, -0.1) is 0 Å². The van der Waals surface area contributed by atoms with E-state index < -0.39 is 0 Å². The smallest absolute Gasteiger partial charge is 0.0951 e. The SMILES string of the molecule is C=CN1NC(c2ccccc2)=CC1c1ccccc1. The maximum absolute atomic E-state index is 3.88. The first-order valence-electron chi connectivity index (χ1n) is 6.38. The van der Waals surface area contributed by atoms with Crippen LogP contribution in [0.4, 0.5) is 0 Å². The van der Waals surface area contributed by atoms with Crippen molar-refractivity contribution in [3.63, 3.8) is 0 Å². The molecule has 2 heteroatoms. The van der Waals surface area contributed by atoms with Crippen molar-refractivity contribution in [2.24, 2.45) is 0 Å². The molecule has 0 saturated heterocycles. The third kappa shape index (κ3) is 2.25. The van der Waals surface area contributed by atoms with Crippen LogP contribution in [0.15, 0.2) is 79.5 Å². The first-order chi connectivity index (χ1) is 9.38. The lowest BCUT2D eigenvalue weighted by molar-refractivity contribution is 0.301. The maximum atomic E-state index is 3.88. The van der Waals surface area contributed by atoms with E-state index in [1.165, 1.54) is 11.1 Å². The molecule has 0 fully saturated rings. The van der Waals surface area contributed by atoms with E-state index >= 15 is 0 Å². The van der Waals surface area contributed by atoms with E-state index in [0.29, 0.717) is 0 Å². The van der Waals surface area contributed by atoms with Crippen molar-refractivity contribution in [1.82, 2.24) is 10.4 Å². The minimum absolute atomic E-state index is 0.189. The van der Waals surface area contributed by atoms with Gasteiger partial charge in [0.05, 0.1) is 11.7 Å². The Hall–Kier alpha value is -2.48. The standard InChI is InChI=1S/C17H16N2/c1-2-19-17(15-11-7-4-8-12-15)13-16(18-19)14-9-5-3-6-10-14/h2-13,17-18H,1H2. The predicted octanol–water partition coefficient (Wildman–Crippen LogP) is 3.73. The summed E-state index contributed by atoms with van der Waals surface area (Å²) in [6.45, 7) is 3.88. The molecule has 1 aliphatic heterocycles. The second-order valence-electron chi connectivity index (χ2n) is 4.50. The summed E-state index contributed by atoms with van der Waals surface area (Å²) >= 11 is 0. The molecule has 1 heterocycles. The van der Waals surface area contributed by atoms with Crippen molar-refractivity contribution in [1.29, 1.82) is 0 Å². The Kier molecular flexibility index (Phi) is 3.07. The van der Waals surface area contributed by atoms with Gasteiger partial charge in [0, 0.05) is 6.20 Å². The summed E-state index contributed by atoms with van der Waals surface area (Å²) in [5.74, 6) is 0. The molecule has 2 nitrogen and oxygen atoms in total. The molecule has 1 atom stereocenters. The minimum Gasteiger partial charge on any atom is -0.298 e. The minimum atomic E-state index is 0.189. The normalized spacial score (nSPS) is 17.8. The third-order valence-electron chi connectivity index (χ3n) is 3.30. The lowest BCUT2D eigenvalue weighted by atomic mass is 10.1. The largest absolute Gasteiger partial charge is 0.298 e. The highest BCUT2D eigenvalue weighted by molar-refractivity contribution is 5.66. The second-order valence-corrected chi connectivity index (χ2v) is 4.50. The molecule has 19 heavy (non-hydrogen) atoms. The number of rotatable bonds is 3. The van der Waals surface area contributed by atoms with Gasteiger partial charge in [0.25, 0.3) is 0 Å². The first kappa shape index (κ1) is 11.6. The highest BCUT2D eigenvalue weighted by Crippen LogP contribution is 2.30. The van der Waals surface area contributed by atoms with Crippen molar-refractivity contribution < 1.29 is 0 Å². The highest BCUT2D eigenvalue weighted by Gasteiger charge is 2.23. The number of hydrazine groups is 1. The topological polar surface area (TPSA) is 15.3 Å². The van der Waals surface area contributed by atoms with Crippen LogP contribution in [0.5, 0.6) is 0 Å². The van der Waals surface area contributed by atoms with Crippen LogP contribution in [-0.4, -0.2) is 5.01 Å². The van der Waals surface area contributed by atoms with Gasteiger partial charge in [-0.05, 0) is 17.2 Å². The van der Waals surface area contributed by atoms with Crippen LogP contribution < -0.4 is 5.43 Å². The Morgan fingerprint density at radius 2 is 1.58 bits per heavy atom. The highest BCUT2D eigenvalue weighted by atomic mass is 15.5. The molecule has 1 unspecified atom stereocenters. The zero-order chi connectivity index (χ0) is 13.1. The van der Waals surface area contributed by atoms with Gasteiger partial charge in [0.2, 0.25) is 0 Å². The maximum Gasteiger partial charge on any atom is 0.0951 e. The average Bonchev–Trinajstić information content (AvgIpc) is 2.93. The van der Waals surface area contributed by atoms with Gasteiger partial charge >= 0.3 is 0 Å². The summed E-state index contributed by atoms with van der Waals surface area (Å²) in [4.78, 5) is 0. The first-order valence-corrected chi connectivity index (χ1v) is 6.38. The molecule has 1 N–H and O–H groups in total. The predicted molar refractivity (Wildman–Crippen MR) is 78.8 cm³/mol. The van der Waals surface area contributed by atoms with Gasteiger partial charge in [-0.1, -0.05) is 67.2 Å². The van der Waals surface area contributed by atoms with Gasteiger partial charge in [-0.25, -0.2) is 0 Å². The number of benzene rings is 2. The molecule has 2 aromatic rings. The van der Waals surface area contributed by atoms with E-state index in [-0.39, 0.29) is 6.04 Å². The summed E-state index contributed by atoms with van der Waals surface area (Å²) < 4.78 is 0. The van der Waals surface area contributed by atoms with E-state index in [4.69, 9.17) is 0 Å². The third-order valence-corrected chi connectivity index (χ3v) is 3.30. The fourth-order valence-corrected chi connectivity index (χ4v) is 2.33. The van der Waals surface area contributed by atoms with Crippen LogP contribution in [0.1, 0.15) is 17.2 Å². The molecule has 0 aromatic heterocycles. The van der Waals surface area contributed by atoms with Gasteiger partial charge in [0.15, 0.2) is 0 Å². The van der Waals surface area contributed by atoms with Gasteiger partial charge < -0.3 is 0 Å².